The van der Waals surface area contributed by atoms with Gasteiger partial charge >= 0.3 is 0 Å². The zero-order chi connectivity index (χ0) is 12.4. The molecule has 2 N–H and O–H groups in total. The number of aliphatic hydroxyl groups is 1. The molecule has 17 heavy (non-hydrogen) atoms. The van der Waals surface area contributed by atoms with Gasteiger partial charge in [0.2, 0.25) is 0 Å². The van der Waals surface area contributed by atoms with Crippen LogP contribution in [0, 0.1) is 0 Å². The van der Waals surface area contributed by atoms with Crippen molar-refractivity contribution in [3.05, 3.63) is 29.8 Å². The van der Waals surface area contributed by atoms with E-state index in [4.69, 9.17) is 0 Å². The molecule has 1 aromatic carbocycles. The predicted molar refractivity (Wildman–Crippen MR) is 67.3 cm³/mol. The summed E-state index contributed by atoms with van der Waals surface area (Å²) in [5.41, 5.74) is 1.72. The summed E-state index contributed by atoms with van der Waals surface area (Å²) in [6.07, 6.45) is -0.209. The lowest BCUT2D eigenvalue weighted by Gasteiger charge is -2.37. The monoisotopic (exact) mass is 234 g/mol. The molecule has 1 amide bonds. The number of nitrogens with zero attached hydrogens (tertiary/aromatic N) is 1. The molecule has 1 aliphatic rings. The van der Waals surface area contributed by atoms with Gasteiger partial charge in [0, 0.05) is 30.4 Å². The molecular weight excluding hydrogens is 216 g/mol. The molecule has 2 rings (SSSR count). The van der Waals surface area contributed by atoms with E-state index in [0.717, 1.165) is 5.69 Å². The standard InChI is InChI=1S/C13H18N2O2/c1-9(2)14-13(17)10-3-5-11(6-4-10)15-7-12(16)8-15/h3-6,9,12,16H,7-8H2,1-2H3,(H,14,17). The number of hydrogen-bond donors (Lipinski definition) is 2. The average Bonchev–Trinajstić information content (AvgIpc) is 2.24. The van der Waals surface area contributed by atoms with Gasteiger partial charge in [-0.1, -0.05) is 0 Å². The first-order chi connectivity index (χ1) is 8.06. The molecule has 1 aromatic rings. The van der Waals surface area contributed by atoms with Crippen molar-refractivity contribution in [1.82, 2.24) is 5.32 Å². The van der Waals surface area contributed by atoms with Gasteiger partial charge in [-0.3, -0.25) is 4.79 Å². The van der Waals surface area contributed by atoms with E-state index in [1.165, 1.54) is 0 Å². The second-order valence-corrected chi connectivity index (χ2v) is 4.73. The maximum absolute atomic E-state index is 11.7. The molecule has 1 aliphatic heterocycles. The Morgan fingerprint density at radius 3 is 2.41 bits per heavy atom. The summed E-state index contributed by atoms with van der Waals surface area (Å²) in [7, 11) is 0. The maximum Gasteiger partial charge on any atom is 0.251 e. The highest BCUT2D eigenvalue weighted by atomic mass is 16.3. The zero-order valence-electron chi connectivity index (χ0n) is 10.2. The number of carbonyl (C=O) groups excluding carboxylic acids is 1. The minimum atomic E-state index is -0.209. The molecule has 1 heterocycles. The van der Waals surface area contributed by atoms with Gasteiger partial charge in [0.1, 0.15) is 0 Å². The Balaban J connectivity index is 2.00. The maximum atomic E-state index is 11.7. The van der Waals surface area contributed by atoms with Crippen molar-refractivity contribution in [2.75, 3.05) is 18.0 Å². The van der Waals surface area contributed by atoms with Gasteiger partial charge in [-0.2, -0.15) is 0 Å². The summed E-state index contributed by atoms with van der Waals surface area (Å²) < 4.78 is 0. The molecule has 0 bridgehead atoms. The number of rotatable bonds is 3. The second-order valence-electron chi connectivity index (χ2n) is 4.73. The summed E-state index contributed by atoms with van der Waals surface area (Å²) in [5, 5.41) is 12.1. The van der Waals surface area contributed by atoms with Crippen LogP contribution in [0.4, 0.5) is 5.69 Å². The molecule has 0 unspecified atom stereocenters. The number of carbonyl (C=O) groups is 1. The molecule has 0 aromatic heterocycles. The van der Waals surface area contributed by atoms with Crippen LogP contribution in [0.1, 0.15) is 24.2 Å². The fourth-order valence-electron chi connectivity index (χ4n) is 1.84. The summed E-state index contributed by atoms with van der Waals surface area (Å²) in [6.45, 7) is 5.23. The van der Waals surface area contributed by atoms with E-state index < -0.39 is 0 Å². The van der Waals surface area contributed by atoms with Crippen molar-refractivity contribution in [2.24, 2.45) is 0 Å². The molecule has 1 fully saturated rings. The molecule has 1 saturated heterocycles. The summed E-state index contributed by atoms with van der Waals surface area (Å²) in [6, 6.07) is 7.62. The van der Waals surface area contributed by atoms with Crippen molar-refractivity contribution in [3.63, 3.8) is 0 Å². The zero-order valence-corrected chi connectivity index (χ0v) is 10.2. The van der Waals surface area contributed by atoms with Gasteiger partial charge in [0.05, 0.1) is 6.10 Å². The first kappa shape index (κ1) is 11.9. The van der Waals surface area contributed by atoms with Gasteiger partial charge in [0.25, 0.3) is 5.91 Å². The van der Waals surface area contributed by atoms with Crippen LogP contribution in [0.2, 0.25) is 0 Å². The van der Waals surface area contributed by atoms with Crippen LogP contribution < -0.4 is 10.2 Å². The minimum Gasteiger partial charge on any atom is -0.389 e. The number of anilines is 1. The van der Waals surface area contributed by atoms with Crippen molar-refractivity contribution < 1.29 is 9.90 Å². The first-order valence-corrected chi connectivity index (χ1v) is 5.90. The average molecular weight is 234 g/mol. The Bertz CT molecular complexity index is 394. The lowest BCUT2D eigenvalue weighted by molar-refractivity contribution is 0.0943. The molecule has 92 valence electrons. The van der Waals surface area contributed by atoms with E-state index in [1.54, 1.807) is 0 Å². The van der Waals surface area contributed by atoms with Crippen LogP contribution in [0.25, 0.3) is 0 Å². The van der Waals surface area contributed by atoms with Crippen LogP contribution in [-0.2, 0) is 0 Å². The highest BCUT2D eigenvalue weighted by Crippen LogP contribution is 2.21. The fourth-order valence-corrected chi connectivity index (χ4v) is 1.84. The molecule has 0 spiro atoms. The van der Waals surface area contributed by atoms with E-state index in [2.05, 4.69) is 10.2 Å². The van der Waals surface area contributed by atoms with Crippen LogP contribution in [0.15, 0.2) is 24.3 Å². The topological polar surface area (TPSA) is 52.6 Å². The largest absolute Gasteiger partial charge is 0.389 e. The summed E-state index contributed by atoms with van der Waals surface area (Å²) in [5.74, 6) is -0.0461. The Labute approximate surface area is 101 Å². The van der Waals surface area contributed by atoms with Crippen LogP contribution in [0.5, 0.6) is 0 Å². The number of hydrogen-bond acceptors (Lipinski definition) is 3. The van der Waals surface area contributed by atoms with Gasteiger partial charge < -0.3 is 15.3 Å². The molecular formula is C13H18N2O2. The molecule has 0 aliphatic carbocycles. The number of nitrogens with one attached hydrogen (secondary N) is 1. The molecule has 4 heteroatoms. The molecule has 0 atom stereocenters. The highest BCUT2D eigenvalue weighted by molar-refractivity contribution is 5.94. The SMILES string of the molecule is CC(C)NC(=O)c1ccc(N2CC(O)C2)cc1. The van der Waals surface area contributed by atoms with Gasteiger partial charge in [-0.15, -0.1) is 0 Å². The number of benzene rings is 1. The highest BCUT2D eigenvalue weighted by Gasteiger charge is 2.24. The number of aliphatic hydroxyl groups excluding tert-OH is 1. The van der Waals surface area contributed by atoms with E-state index >= 15 is 0 Å². The third-order valence-electron chi connectivity index (χ3n) is 2.78. The first-order valence-electron chi connectivity index (χ1n) is 5.90. The lowest BCUT2D eigenvalue weighted by atomic mass is 10.1. The Kier molecular flexibility index (Phi) is 3.33. The second kappa shape index (κ2) is 4.75. The van der Waals surface area contributed by atoms with E-state index in [-0.39, 0.29) is 18.1 Å². The smallest absolute Gasteiger partial charge is 0.251 e. The molecule has 4 nitrogen and oxygen atoms in total. The van der Waals surface area contributed by atoms with E-state index in [1.807, 2.05) is 38.1 Å². The Morgan fingerprint density at radius 1 is 1.35 bits per heavy atom. The van der Waals surface area contributed by atoms with Crippen LogP contribution >= 0.6 is 0 Å². The lowest BCUT2D eigenvalue weighted by Crippen LogP contribution is -2.50. The normalized spacial score (nSPS) is 15.9. The van der Waals surface area contributed by atoms with E-state index in [9.17, 15) is 9.90 Å². The summed E-state index contributed by atoms with van der Waals surface area (Å²) >= 11 is 0. The minimum absolute atomic E-state index is 0.0461. The van der Waals surface area contributed by atoms with Gasteiger partial charge in [-0.25, -0.2) is 0 Å². The van der Waals surface area contributed by atoms with Crippen molar-refractivity contribution >= 4 is 11.6 Å². The Hall–Kier alpha value is -1.55. The van der Waals surface area contributed by atoms with Crippen molar-refractivity contribution in [3.8, 4) is 0 Å². The number of amides is 1. The van der Waals surface area contributed by atoms with Crippen molar-refractivity contribution in [2.45, 2.75) is 26.0 Å². The van der Waals surface area contributed by atoms with Gasteiger partial charge in [-0.05, 0) is 38.1 Å². The van der Waals surface area contributed by atoms with Crippen LogP contribution in [-0.4, -0.2) is 36.2 Å². The van der Waals surface area contributed by atoms with Crippen molar-refractivity contribution in [1.29, 1.82) is 0 Å². The molecule has 0 radical (unpaired) electrons. The fraction of sp³-hybridized carbons (Fsp3) is 0.462. The third kappa shape index (κ3) is 2.77. The van der Waals surface area contributed by atoms with E-state index in [0.29, 0.717) is 18.7 Å². The van der Waals surface area contributed by atoms with Crippen LogP contribution in [0.3, 0.4) is 0 Å². The quantitative estimate of drug-likeness (QED) is 0.820. The Morgan fingerprint density at radius 2 is 1.94 bits per heavy atom. The third-order valence-corrected chi connectivity index (χ3v) is 2.78. The number of β-amino-alcohol motifs (C(OH)–C–C–N with tert-alkyl or cyclic N) is 1. The molecule has 0 saturated carbocycles. The van der Waals surface area contributed by atoms with Gasteiger partial charge in [0.15, 0.2) is 0 Å². The predicted octanol–water partition coefficient (Wildman–Crippen LogP) is 1.01. The summed E-state index contributed by atoms with van der Waals surface area (Å²) in [4.78, 5) is 13.8.